The molecule has 0 spiro atoms. The van der Waals surface area contributed by atoms with Crippen molar-refractivity contribution < 1.29 is 4.79 Å². The molecule has 3 aromatic rings. The third-order valence-corrected chi connectivity index (χ3v) is 5.65. The number of carbonyl (C=O) groups is 1. The topological polar surface area (TPSA) is 70.1 Å². The van der Waals surface area contributed by atoms with Crippen molar-refractivity contribution in [3.05, 3.63) is 70.1 Å². The lowest BCUT2D eigenvalue weighted by Gasteiger charge is -2.32. The first-order chi connectivity index (χ1) is 13.6. The molecule has 0 bridgehead atoms. The molecule has 2 aromatic carbocycles. The summed E-state index contributed by atoms with van der Waals surface area (Å²) in [5, 5.41) is 3.02. The highest BCUT2D eigenvalue weighted by Gasteiger charge is 2.23. The van der Waals surface area contributed by atoms with Crippen molar-refractivity contribution in [2.45, 2.75) is 25.8 Å². The second-order valence-corrected chi connectivity index (χ2v) is 7.46. The van der Waals surface area contributed by atoms with E-state index in [1.165, 1.54) is 0 Å². The van der Waals surface area contributed by atoms with Crippen molar-refractivity contribution in [1.82, 2.24) is 19.8 Å². The number of para-hydroxylation sites is 2. The number of aryl methyl sites for hydroxylation is 1. The van der Waals surface area contributed by atoms with Gasteiger partial charge in [-0.2, -0.15) is 0 Å². The molecule has 1 aliphatic rings. The Bertz CT molecular complexity index is 1030. The van der Waals surface area contributed by atoms with Crippen LogP contribution in [0.15, 0.2) is 53.3 Å². The number of fused-ring (bicyclic) bond motifs is 1. The van der Waals surface area contributed by atoms with Crippen LogP contribution in [0.3, 0.4) is 0 Å². The fourth-order valence-corrected chi connectivity index (χ4v) is 4.09. The van der Waals surface area contributed by atoms with Gasteiger partial charge in [0, 0.05) is 37.8 Å². The summed E-state index contributed by atoms with van der Waals surface area (Å²) in [4.78, 5) is 30.0. The number of benzene rings is 2. The Labute approximate surface area is 164 Å². The van der Waals surface area contributed by atoms with Crippen LogP contribution in [0, 0.1) is 6.92 Å². The minimum Gasteiger partial charge on any atom is -0.351 e. The molecule has 2 heterocycles. The maximum Gasteiger partial charge on any atom is 0.326 e. The molecule has 0 atom stereocenters. The molecule has 0 saturated carbocycles. The molecule has 6 heteroatoms. The SMILES string of the molecule is Cc1ccccc1C(=O)NCCN1CCC(n2c(=O)[nH]c3ccccc32)CC1. The van der Waals surface area contributed by atoms with Crippen LogP contribution in [0.2, 0.25) is 0 Å². The van der Waals surface area contributed by atoms with Crippen molar-refractivity contribution in [3.63, 3.8) is 0 Å². The van der Waals surface area contributed by atoms with Gasteiger partial charge in [-0.15, -0.1) is 0 Å². The van der Waals surface area contributed by atoms with Gasteiger partial charge in [-0.1, -0.05) is 30.3 Å². The Morgan fingerprint density at radius 3 is 2.61 bits per heavy atom. The second kappa shape index (κ2) is 8.02. The maximum atomic E-state index is 12.4. The zero-order valence-electron chi connectivity index (χ0n) is 16.1. The average Bonchev–Trinajstić information content (AvgIpc) is 3.04. The molecule has 0 radical (unpaired) electrons. The molecule has 1 aromatic heterocycles. The van der Waals surface area contributed by atoms with Gasteiger partial charge in [0.2, 0.25) is 0 Å². The fraction of sp³-hybridized carbons (Fsp3) is 0.364. The number of H-pyrrole nitrogens is 1. The smallest absolute Gasteiger partial charge is 0.326 e. The largest absolute Gasteiger partial charge is 0.351 e. The van der Waals surface area contributed by atoms with Crippen LogP contribution in [-0.4, -0.2) is 46.5 Å². The van der Waals surface area contributed by atoms with E-state index >= 15 is 0 Å². The fourth-order valence-electron chi connectivity index (χ4n) is 4.09. The standard InChI is InChI=1S/C22H26N4O2/c1-16-6-2-3-7-18(16)21(27)23-12-15-25-13-10-17(11-14-25)26-20-9-5-4-8-19(20)24-22(26)28/h2-9,17H,10-15H2,1H3,(H,23,27)(H,24,28). The number of hydrogen-bond donors (Lipinski definition) is 2. The summed E-state index contributed by atoms with van der Waals surface area (Å²) >= 11 is 0. The second-order valence-electron chi connectivity index (χ2n) is 7.46. The average molecular weight is 378 g/mol. The monoisotopic (exact) mass is 378 g/mol. The van der Waals surface area contributed by atoms with Crippen molar-refractivity contribution in [2.75, 3.05) is 26.2 Å². The molecular weight excluding hydrogens is 352 g/mol. The van der Waals surface area contributed by atoms with Crippen LogP contribution in [-0.2, 0) is 0 Å². The van der Waals surface area contributed by atoms with Gasteiger partial charge < -0.3 is 15.2 Å². The van der Waals surface area contributed by atoms with Gasteiger partial charge >= 0.3 is 5.69 Å². The van der Waals surface area contributed by atoms with Gasteiger partial charge in [-0.25, -0.2) is 4.79 Å². The van der Waals surface area contributed by atoms with E-state index in [-0.39, 0.29) is 17.6 Å². The number of aromatic amines is 1. The number of carbonyl (C=O) groups excluding carboxylic acids is 1. The van der Waals surface area contributed by atoms with Crippen molar-refractivity contribution >= 4 is 16.9 Å². The van der Waals surface area contributed by atoms with Gasteiger partial charge in [0.15, 0.2) is 0 Å². The number of hydrogen-bond acceptors (Lipinski definition) is 3. The Kier molecular flexibility index (Phi) is 5.30. The molecule has 4 rings (SSSR count). The first kappa shape index (κ1) is 18.5. The van der Waals surface area contributed by atoms with E-state index in [0.717, 1.165) is 54.6 Å². The summed E-state index contributed by atoms with van der Waals surface area (Å²) < 4.78 is 1.91. The summed E-state index contributed by atoms with van der Waals surface area (Å²) in [5.41, 5.74) is 3.58. The third-order valence-electron chi connectivity index (χ3n) is 5.65. The van der Waals surface area contributed by atoms with Crippen LogP contribution in [0.5, 0.6) is 0 Å². The van der Waals surface area contributed by atoms with E-state index in [1.54, 1.807) is 0 Å². The first-order valence-corrected chi connectivity index (χ1v) is 9.89. The van der Waals surface area contributed by atoms with E-state index < -0.39 is 0 Å². The zero-order chi connectivity index (χ0) is 19.5. The summed E-state index contributed by atoms with van der Waals surface area (Å²) in [5.74, 6) is -0.0154. The Hall–Kier alpha value is -2.86. The lowest BCUT2D eigenvalue weighted by atomic mass is 10.0. The lowest BCUT2D eigenvalue weighted by molar-refractivity contribution is 0.0943. The number of likely N-dealkylation sites (tertiary alicyclic amines) is 1. The van der Waals surface area contributed by atoms with E-state index in [1.807, 2.05) is 60.0 Å². The highest BCUT2D eigenvalue weighted by atomic mass is 16.2. The predicted molar refractivity (Wildman–Crippen MR) is 111 cm³/mol. The number of rotatable bonds is 5. The molecule has 1 fully saturated rings. The van der Waals surface area contributed by atoms with Crippen molar-refractivity contribution in [2.24, 2.45) is 0 Å². The minimum absolute atomic E-state index is 0.0154. The molecule has 0 aliphatic carbocycles. The highest BCUT2D eigenvalue weighted by Crippen LogP contribution is 2.24. The van der Waals surface area contributed by atoms with Crippen LogP contribution >= 0.6 is 0 Å². The van der Waals surface area contributed by atoms with E-state index in [9.17, 15) is 9.59 Å². The van der Waals surface area contributed by atoms with Gasteiger partial charge in [-0.3, -0.25) is 9.36 Å². The minimum atomic E-state index is -0.0230. The molecule has 1 amide bonds. The molecule has 146 valence electrons. The van der Waals surface area contributed by atoms with E-state index in [2.05, 4.69) is 15.2 Å². The summed E-state index contributed by atoms with van der Waals surface area (Å²) in [7, 11) is 0. The molecular formula is C22H26N4O2. The van der Waals surface area contributed by atoms with Crippen molar-refractivity contribution in [3.8, 4) is 0 Å². The Balaban J connectivity index is 1.30. The van der Waals surface area contributed by atoms with Gasteiger partial charge in [0.1, 0.15) is 0 Å². The van der Waals surface area contributed by atoms with Crippen LogP contribution in [0.1, 0.15) is 34.8 Å². The normalized spacial score (nSPS) is 15.8. The molecule has 1 saturated heterocycles. The molecule has 0 unspecified atom stereocenters. The van der Waals surface area contributed by atoms with Gasteiger partial charge in [0.25, 0.3) is 5.91 Å². The summed E-state index contributed by atoms with van der Waals surface area (Å²) in [6, 6.07) is 15.7. The van der Waals surface area contributed by atoms with Crippen LogP contribution in [0.4, 0.5) is 0 Å². The van der Waals surface area contributed by atoms with Gasteiger partial charge in [0.05, 0.1) is 11.0 Å². The molecule has 1 aliphatic heterocycles. The number of imidazole rings is 1. The Morgan fingerprint density at radius 1 is 1.11 bits per heavy atom. The number of piperidine rings is 1. The molecule has 2 N–H and O–H groups in total. The summed E-state index contributed by atoms with van der Waals surface area (Å²) in [6.07, 6.45) is 1.88. The number of aromatic nitrogens is 2. The van der Waals surface area contributed by atoms with Crippen molar-refractivity contribution in [1.29, 1.82) is 0 Å². The van der Waals surface area contributed by atoms with Gasteiger partial charge in [-0.05, 0) is 43.5 Å². The van der Waals surface area contributed by atoms with E-state index in [0.29, 0.717) is 6.54 Å². The maximum absolute atomic E-state index is 12.4. The Morgan fingerprint density at radius 2 is 1.82 bits per heavy atom. The highest BCUT2D eigenvalue weighted by molar-refractivity contribution is 5.95. The summed E-state index contributed by atoms with van der Waals surface area (Å²) in [6.45, 7) is 5.26. The number of nitrogens with one attached hydrogen (secondary N) is 2. The lowest BCUT2D eigenvalue weighted by Crippen LogP contribution is -2.41. The third kappa shape index (κ3) is 3.73. The molecule has 6 nitrogen and oxygen atoms in total. The zero-order valence-corrected chi connectivity index (χ0v) is 16.1. The molecule has 28 heavy (non-hydrogen) atoms. The number of amides is 1. The first-order valence-electron chi connectivity index (χ1n) is 9.89. The van der Waals surface area contributed by atoms with Crippen LogP contribution < -0.4 is 11.0 Å². The predicted octanol–water partition coefficient (Wildman–Crippen LogP) is 2.70. The van der Waals surface area contributed by atoms with Crippen LogP contribution in [0.25, 0.3) is 11.0 Å². The number of nitrogens with zero attached hydrogens (tertiary/aromatic N) is 2. The quantitative estimate of drug-likeness (QED) is 0.717. The van der Waals surface area contributed by atoms with E-state index in [4.69, 9.17) is 0 Å².